The van der Waals surface area contributed by atoms with Crippen molar-refractivity contribution in [1.29, 1.82) is 0 Å². The highest BCUT2D eigenvalue weighted by molar-refractivity contribution is 14.1. The Balaban J connectivity index is 1.87. The van der Waals surface area contributed by atoms with Crippen LogP contribution in [0.2, 0.25) is 0 Å². The lowest BCUT2D eigenvalue weighted by atomic mass is 10.2. The number of hydrazone groups is 1. The number of amides is 1. The number of benzene rings is 2. The van der Waals surface area contributed by atoms with Crippen molar-refractivity contribution in [3.63, 3.8) is 0 Å². The molecular formula is C15H13IN4O4. The molecule has 0 aromatic heterocycles. The van der Waals surface area contributed by atoms with E-state index in [1.165, 1.54) is 18.3 Å². The first kappa shape index (κ1) is 17.7. The lowest BCUT2D eigenvalue weighted by Crippen LogP contribution is -2.25. The minimum atomic E-state index is -0.698. The summed E-state index contributed by atoms with van der Waals surface area (Å²) in [6.45, 7) is 0.0354. The standard InChI is InChI=1S/C15H13IN4O4/c16-11-2-4-12(5-3-11)17-9-15(22)19-18-8-10-1-6-14(21)13(7-10)20(23)24/h1-8,17,21H,9H2,(H,19,22)/b18-8-. The SMILES string of the molecule is O=C(CNc1ccc(I)cc1)N/N=C\c1ccc(O)c([N+](=O)[O-])c1. The van der Waals surface area contributed by atoms with E-state index >= 15 is 0 Å². The molecule has 0 aliphatic heterocycles. The molecule has 0 aliphatic carbocycles. The third kappa shape index (κ3) is 5.19. The van der Waals surface area contributed by atoms with E-state index in [-0.39, 0.29) is 12.5 Å². The van der Waals surface area contributed by atoms with Crippen LogP contribution in [0.15, 0.2) is 47.6 Å². The third-order valence-electron chi connectivity index (χ3n) is 2.90. The van der Waals surface area contributed by atoms with Gasteiger partial charge >= 0.3 is 5.69 Å². The molecule has 0 radical (unpaired) electrons. The number of nitrogens with one attached hydrogen (secondary N) is 2. The van der Waals surface area contributed by atoms with Crippen LogP contribution in [-0.2, 0) is 4.79 Å². The van der Waals surface area contributed by atoms with Crippen molar-refractivity contribution in [2.45, 2.75) is 0 Å². The Morgan fingerprint density at radius 2 is 2.00 bits per heavy atom. The molecule has 9 heteroatoms. The van der Waals surface area contributed by atoms with Crippen LogP contribution >= 0.6 is 22.6 Å². The maximum atomic E-state index is 11.7. The van der Waals surface area contributed by atoms with Gasteiger partial charge in [0.15, 0.2) is 5.75 Å². The molecule has 0 saturated carbocycles. The van der Waals surface area contributed by atoms with Crippen LogP contribution in [0.25, 0.3) is 0 Å². The molecule has 3 N–H and O–H groups in total. The number of phenols is 1. The number of phenolic OH excluding ortho intramolecular Hbond substituents is 1. The summed E-state index contributed by atoms with van der Waals surface area (Å²) in [5.41, 5.74) is 3.07. The second-order valence-corrected chi connectivity index (χ2v) is 5.90. The van der Waals surface area contributed by atoms with Crippen LogP contribution in [0.5, 0.6) is 5.75 Å². The van der Waals surface area contributed by atoms with Crippen LogP contribution in [0.4, 0.5) is 11.4 Å². The van der Waals surface area contributed by atoms with Gasteiger partial charge in [0.05, 0.1) is 17.7 Å². The summed E-state index contributed by atoms with van der Waals surface area (Å²) in [5, 5.41) is 26.7. The summed E-state index contributed by atoms with van der Waals surface area (Å²) in [7, 11) is 0. The Hall–Kier alpha value is -2.69. The summed E-state index contributed by atoms with van der Waals surface area (Å²) >= 11 is 2.19. The number of carbonyl (C=O) groups excluding carboxylic acids is 1. The number of nitro groups is 1. The average molecular weight is 440 g/mol. The minimum absolute atomic E-state index is 0.0354. The van der Waals surface area contributed by atoms with Crippen molar-refractivity contribution < 1.29 is 14.8 Å². The third-order valence-corrected chi connectivity index (χ3v) is 3.62. The van der Waals surface area contributed by atoms with Gasteiger partial charge in [-0.05, 0) is 59.0 Å². The fourth-order valence-electron chi connectivity index (χ4n) is 1.74. The van der Waals surface area contributed by atoms with Crippen molar-refractivity contribution in [1.82, 2.24) is 5.43 Å². The summed E-state index contributed by atoms with van der Waals surface area (Å²) in [6.07, 6.45) is 1.26. The first-order valence-electron chi connectivity index (χ1n) is 6.74. The van der Waals surface area contributed by atoms with Gasteiger partial charge in [0.2, 0.25) is 0 Å². The molecule has 24 heavy (non-hydrogen) atoms. The van der Waals surface area contributed by atoms with Gasteiger partial charge < -0.3 is 10.4 Å². The van der Waals surface area contributed by atoms with Crippen molar-refractivity contribution in [2.24, 2.45) is 5.10 Å². The number of nitro benzene ring substituents is 1. The van der Waals surface area contributed by atoms with Crippen molar-refractivity contribution in [3.8, 4) is 5.75 Å². The quantitative estimate of drug-likeness (QED) is 0.276. The normalized spacial score (nSPS) is 10.5. The average Bonchev–Trinajstić information content (AvgIpc) is 2.55. The molecular weight excluding hydrogens is 427 g/mol. The van der Waals surface area contributed by atoms with Crippen molar-refractivity contribution >= 4 is 46.1 Å². The highest BCUT2D eigenvalue weighted by Crippen LogP contribution is 2.25. The van der Waals surface area contributed by atoms with Gasteiger partial charge in [-0.1, -0.05) is 0 Å². The number of aromatic hydroxyl groups is 1. The zero-order chi connectivity index (χ0) is 17.5. The van der Waals surface area contributed by atoms with Crippen LogP contribution < -0.4 is 10.7 Å². The largest absolute Gasteiger partial charge is 0.502 e. The lowest BCUT2D eigenvalue weighted by Gasteiger charge is -2.05. The molecule has 2 aromatic carbocycles. The molecule has 0 aliphatic rings. The second kappa shape index (κ2) is 8.24. The summed E-state index contributed by atoms with van der Waals surface area (Å²) in [6, 6.07) is 11.3. The van der Waals surface area contributed by atoms with E-state index in [9.17, 15) is 20.0 Å². The Kier molecular flexibility index (Phi) is 6.07. The zero-order valence-electron chi connectivity index (χ0n) is 12.3. The first-order valence-corrected chi connectivity index (χ1v) is 7.82. The molecule has 0 fully saturated rings. The monoisotopic (exact) mass is 440 g/mol. The molecule has 1 amide bonds. The molecule has 0 spiro atoms. The number of halogens is 1. The molecule has 0 saturated heterocycles. The smallest absolute Gasteiger partial charge is 0.311 e. The fraction of sp³-hybridized carbons (Fsp3) is 0.0667. The first-order chi connectivity index (χ1) is 11.5. The van der Waals surface area contributed by atoms with E-state index in [1.54, 1.807) is 0 Å². The lowest BCUT2D eigenvalue weighted by molar-refractivity contribution is -0.385. The van der Waals surface area contributed by atoms with Gasteiger partial charge in [0, 0.05) is 20.9 Å². The summed E-state index contributed by atoms with van der Waals surface area (Å²) in [4.78, 5) is 21.7. The molecule has 0 atom stereocenters. The van der Waals surface area contributed by atoms with E-state index in [4.69, 9.17) is 0 Å². The Labute approximate surface area is 150 Å². The Morgan fingerprint density at radius 3 is 2.67 bits per heavy atom. The van der Waals surface area contributed by atoms with Gasteiger partial charge in [-0.3, -0.25) is 14.9 Å². The van der Waals surface area contributed by atoms with Crippen LogP contribution in [-0.4, -0.2) is 28.7 Å². The fourth-order valence-corrected chi connectivity index (χ4v) is 2.09. The second-order valence-electron chi connectivity index (χ2n) is 4.66. The van der Waals surface area contributed by atoms with Crippen LogP contribution in [0, 0.1) is 13.7 Å². The molecule has 0 unspecified atom stereocenters. The van der Waals surface area contributed by atoms with Gasteiger partial charge in [-0.15, -0.1) is 0 Å². The molecule has 8 nitrogen and oxygen atoms in total. The van der Waals surface area contributed by atoms with Crippen LogP contribution in [0.3, 0.4) is 0 Å². The van der Waals surface area contributed by atoms with Crippen molar-refractivity contribution in [2.75, 3.05) is 11.9 Å². The van der Waals surface area contributed by atoms with Crippen LogP contribution in [0.1, 0.15) is 5.56 Å². The summed E-state index contributed by atoms with van der Waals surface area (Å²) in [5.74, 6) is -0.791. The van der Waals surface area contributed by atoms with E-state index < -0.39 is 16.4 Å². The molecule has 2 aromatic rings. The predicted molar refractivity (Wildman–Crippen MR) is 98.1 cm³/mol. The maximum absolute atomic E-state index is 11.7. The zero-order valence-corrected chi connectivity index (χ0v) is 14.4. The predicted octanol–water partition coefficient (Wildman–Crippen LogP) is 2.47. The minimum Gasteiger partial charge on any atom is -0.502 e. The molecule has 0 bridgehead atoms. The number of rotatable bonds is 6. The topological polar surface area (TPSA) is 117 Å². The van der Waals surface area contributed by atoms with Gasteiger partial charge in [0.25, 0.3) is 5.91 Å². The number of hydrogen-bond donors (Lipinski definition) is 3. The number of carbonyl (C=O) groups is 1. The van der Waals surface area contributed by atoms with E-state index in [0.717, 1.165) is 15.3 Å². The molecule has 0 heterocycles. The van der Waals surface area contributed by atoms with Crippen molar-refractivity contribution in [3.05, 3.63) is 61.7 Å². The van der Waals surface area contributed by atoms with E-state index in [1.807, 2.05) is 24.3 Å². The van der Waals surface area contributed by atoms with E-state index in [2.05, 4.69) is 38.4 Å². The number of nitrogens with zero attached hydrogens (tertiary/aromatic N) is 2. The van der Waals surface area contributed by atoms with Gasteiger partial charge in [0.1, 0.15) is 0 Å². The molecule has 2 rings (SSSR count). The number of hydrogen-bond acceptors (Lipinski definition) is 6. The van der Waals surface area contributed by atoms with E-state index in [0.29, 0.717) is 5.56 Å². The molecule has 124 valence electrons. The summed E-state index contributed by atoms with van der Waals surface area (Å²) < 4.78 is 1.09. The Bertz CT molecular complexity index is 778. The highest BCUT2D eigenvalue weighted by Gasteiger charge is 2.12. The van der Waals surface area contributed by atoms with Gasteiger partial charge in [-0.25, -0.2) is 5.43 Å². The van der Waals surface area contributed by atoms with Gasteiger partial charge in [-0.2, -0.15) is 5.10 Å². The number of anilines is 1. The maximum Gasteiger partial charge on any atom is 0.311 e. The Morgan fingerprint density at radius 1 is 1.29 bits per heavy atom. The highest BCUT2D eigenvalue weighted by atomic mass is 127.